The molecule has 1 aromatic heterocycles. The van der Waals surface area contributed by atoms with Gasteiger partial charge < -0.3 is 4.90 Å². The average Bonchev–Trinajstić information content (AvgIpc) is 3.18. The molecule has 28 heavy (non-hydrogen) atoms. The fourth-order valence-electron chi connectivity index (χ4n) is 4.16. The van der Waals surface area contributed by atoms with Gasteiger partial charge in [-0.05, 0) is 62.7 Å². The van der Waals surface area contributed by atoms with Crippen molar-refractivity contribution in [1.29, 1.82) is 0 Å². The first-order chi connectivity index (χ1) is 13.5. The molecule has 3 nitrogen and oxygen atoms in total. The molecule has 1 aliphatic heterocycles. The molecule has 0 saturated carbocycles. The third-order valence-electron chi connectivity index (χ3n) is 5.81. The van der Waals surface area contributed by atoms with Crippen molar-refractivity contribution in [1.82, 2.24) is 15.1 Å². The summed E-state index contributed by atoms with van der Waals surface area (Å²) in [6, 6.07) is 17.4. The van der Waals surface area contributed by atoms with Gasteiger partial charge in [-0.25, -0.2) is 4.39 Å². The first-order valence-electron chi connectivity index (χ1n) is 9.82. The Bertz CT molecular complexity index is 918. The highest BCUT2D eigenvalue weighted by atomic mass is 35.5. The smallest absolute Gasteiger partial charge is 0.123 e. The summed E-state index contributed by atoms with van der Waals surface area (Å²) in [5.41, 5.74) is 4.29. The SMILES string of the molecule is CC(C)N1CCC(c2cc(-c3ccc(Cl)cc3)n[nH]2)C(c2ccc(F)cc2)C1. The van der Waals surface area contributed by atoms with Gasteiger partial charge in [0.1, 0.15) is 5.82 Å². The van der Waals surface area contributed by atoms with Crippen LogP contribution in [0.5, 0.6) is 0 Å². The predicted molar refractivity (Wildman–Crippen MR) is 112 cm³/mol. The van der Waals surface area contributed by atoms with Crippen LogP contribution >= 0.6 is 11.6 Å². The van der Waals surface area contributed by atoms with Gasteiger partial charge in [-0.1, -0.05) is 35.9 Å². The maximum atomic E-state index is 13.5. The molecule has 2 unspecified atom stereocenters. The zero-order valence-electron chi connectivity index (χ0n) is 16.2. The number of aromatic amines is 1. The predicted octanol–water partition coefficient (Wildman–Crippen LogP) is 5.85. The molecule has 0 spiro atoms. The molecule has 1 saturated heterocycles. The molecule has 0 bridgehead atoms. The van der Waals surface area contributed by atoms with Crippen molar-refractivity contribution in [3.8, 4) is 11.3 Å². The van der Waals surface area contributed by atoms with Crippen LogP contribution in [0.25, 0.3) is 11.3 Å². The van der Waals surface area contributed by atoms with Gasteiger partial charge in [0.25, 0.3) is 0 Å². The molecular formula is C23H25ClFN3. The van der Waals surface area contributed by atoms with Crippen molar-refractivity contribution in [2.24, 2.45) is 0 Å². The number of hydrogen-bond acceptors (Lipinski definition) is 2. The van der Waals surface area contributed by atoms with Crippen LogP contribution in [0.4, 0.5) is 4.39 Å². The summed E-state index contributed by atoms with van der Waals surface area (Å²) in [7, 11) is 0. The van der Waals surface area contributed by atoms with Crippen LogP contribution in [-0.2, 0) is 0 Å². The van der Waals surface area contributed by atoms with E-state index in [1.54, 1.807) is 12.1 Å². The Hall–Kier alpha value is -2.17. The topological polar surface area (TPSA) is 31.9 Å². The summed E-state index contributed by atoms with van der Waals surface area (Å²) < 4.78 is 13.5. The third kappa shape index (κ3) is 3.98. The number of H-pyrrole nitrogens is 1. The zero-order valence-corrected chi connectivity index (χ0v) is 17.0. The van der Waals surface area contributed by atoms with Crippen molar-refractivity contribution < 1.29 is 4.39 Å². The number of halogens is 2. The number of aromatic nitrogens is 2. The summed E-state index contributed by atoms with van der Waals surface area (Å²) in [6.07, 6.45) is 1.04. The Morgan fingerprint density at radius 2 is 1.79 bits per heavy atom. The number of nitrogens with one attached hydrogen (secondary N) is 1. The van der Waals surface area contributed by atoms with Crippen LogP contribution in [0.2, 0.25) is 5.02 Å². The molecule has 5 heteroatoms. The van der Waals surface area contributed by atoms with Crippen LogP contribution in [0.3, 0.4) is 0 Å². The highest BCUT2D eigenvalue weighted by Crippen LogP contribution is 2.40. The Labute approximate surface area is 170 Å². The maximum Gasteiger partial charge on any atom is 0.123 e. The van der Waals surface area contributed by atoms with E-state index in [1.807, 2.05) is 36.4 Å². The fourth-order valence-corrected chi connectivity index (χ4v) is 4.29. The number of nitrogens with zero attached hydrogens (tertiary/aromatic N) is 2. The van der Waals surface area contributed by atoms with Gasteiger partial charge >= 0.3 is 0 Å². The lowest BCUT2D eigenvalue weighted by Crippen LogP contribution is -2.42. The van der Waals surface area contributed by atoms with Gasteiger partial charge in [0, 0.05) is 40.7 Å². The molecule has 0 radical (unpaired) electrons. The number of rotatable bonds is 4. The summed E-state index contributed by atoms with van der Waals surface area (Å²) in [6.45, 7) is 6.48. The normalized spacial score (nSPS) is 20.6. The van der Waals surface area contributed by atoms with E-state index >= 15 is 0 Å². The molecule has 3 aromatic rings. The molecule has 0 aliphatic carbocycles. The fraction of sp³-hybridized carbons (Fsp3) is 0.348. The molecule has 1 fully saturated rings. The van der Waals surface area contributed by atoms with E-state index < -0.39 is 0 Å². The van der Waals surface area contributed by atoms with E-state index in [4.69, 9.17) is 11.6 Å². The molecule has 2 atom stereocenters. The maximum absolute atomic E-state index is 13.5. The van der Waals surface area contributed by atoms with Gasteiger partial charge in [-0.15, -0.1) is 0 Å². The minimum Gasteiger partial charge on any atom is -0.300 e. The lowest BCUT2D eigenvalue weighted by atomic mass is 9.78. The van der Waals surface area contributed by atoms with E-state index in [-0.39, 0.29) is 5.82 Å². The molecule has 1 aliphatic rings. The summed E-state index contributed by atoms with van der Waals surface area (Å²) in [5.74, 6) is 0.438. The molecule has 2 aromatic carbocycles. The number of benzene rings is 2. The van der Waals surface area contributed by atoms with Crippen molar-refractivity contribution in [2.45, 2.75) is 38.1 Å². The van der Waals surface area contributed by atoms with Gasteiger partial charge in [0.2, 0.25) is 0 Å². The lowest BCUT2D eigenvalue weighted by Gasteiger charge is -2.40. The highest BCUT2D eigenvalue weighted by Gasteiger charge is 2.33. The minimum atomic E-state index is -0.191. The largest absolute Gasteiger partial charge is 0.300 e. The van der Waals surface area contributed by atoms with E-state index in [1.165, 1.54) is 5.56 Å². The van der Waals surface area contributed by atoms with E-state index in [0.29, 0.717) is 17.9 Å². The Morgan fingerprint density at radius 3 is 2.46 bits per heavy atom. The van der Waals surface area contributed by atoms with Crippen molar-refractivity contribution in [3.05, 3.63) is 76.7 Å². The quantitative estimate of drug-likeness (QED) is 0.598. The average molecular weight is 398 g/mol. The second-order valence-corrected chi connectivity index (χ2v) is 8.29. The first-order valence-corrected chi connectivity index (χ1v) is 10.2. The second-order valence-electron chi connectivity index (χ2n) is 7.86. The van der Waals surface area contributed by atoms with Crippen LogP contribution in [-0.4, -0.2) is 34.2 Å². The molecule has 146 valence electrons. The number of likely N-dealkylation sites (tertiary alicyclic amines) is 1. The van der Waals surface area contributed by atoms with E-state index in [0.717, 1.165) is 41.5 Å². The summed E-state index contributed by atoms with van der Waals surface area (Å²) >= 11 is 6.00. The Morgan fingerprint density at radius 1 is 1.07 bits per heavy atom. The molecule has 4 rings (SSSR count). The van der Waals surface area contributed by atoms with Crippen molar-refractivity contribution in [3.63, 3.8) is 0 Å². The molecule has 2 heterocycles. The number of piperidine rings is 1. The van der Waals surface area contributed by atoms with Gasteiger partial charge in [0.15, 0.2) is 0 Å². The van der Waals surface area contributed by atoms with Crippen LogP contribution < -0.4 is 0 Å². The van der Waals surface area contributed by atoms with Crippen LogP contribution in [0.15, 0.2) is 54.6 Å². The van der Waals surface area contributed by atoms with E-state index in [9.17, 15) is 4.39 Å². The van der Waals surface area contributed by atoms with Crippen molar-refractivity contribution >= 4 is 11.6 Å². The monoisotopic (exact) mass is 397 g/mol. The van der Waals surface area contributed by atoms with Gasteiger partial charge in [-0.2, -0.15) is 5.10 Å². The minimum absolute atomic E-state index is 0.191. The Balaban J connectivity index is 1.64. The highest BCUT2D eigenvalue weighted by molar-refractivity contribution is 6.30. The standard InChI is InChI=1S/C23H25ClFN3/c1-15(2)28-12-11-20(21(14-28)16-5-9-19(25)10-6-16)23-13-22(26-27-23)17-3-7-18(24)8-4-17/h3-10,13,15,20-21H,11-12,14H2,1-2H3,(H,26,27). The molecular weight excluding hydrogens is 373 g/mol. The van der Waals surface area contributed by atoms with E-state index in [2.05, 4.69) is 35.0 Å². The third-order valence-corrected chi connectivity index (χ3v) is 6.06. The van der Waals surface area contributed by atoms with Crippen LogP contribution in [0, 0.1) is 5.82 Å². The molecule has 0 amide bonds. The molecule has 1 N–H and O–H groups in total. The second kappa shape index (κ2) is 8.06. The number of hydrogen-bond donors (Lipinski definition) is 1. The van der Waals surface area contributed by atoms with Gasteiger partial charge in [0.05, 0.1) is 5.69 Å². The first kappa shape index (κ1) is 19.2. The lowest BCUT2D eigenvalue weighted by molar-refractivity contribution is 0.151. The summed E-state index contributed by atoms with van der Waals surface area (Å²) in [4.78, 5) is 2.50. The van der Waals surface area contributed by atoms with Crippen molar-refractivity contribution in [2.75, 3.05) is 13.1 Å². The van der Waals surface area contributed by atoms with Crippen LogP contribution in [0.1, 0.15) is 43.4 Å². The zero-order chi connectivity index (χ0) is 19.7. The summed E-state index contributed by atoms with van der Waals surface area (Å²) in [5, 5.41) is 8.53. The Kier molecular flexibility index (Phi) is 5.51. The van der Waals surface area contributed by atoms with Gasteiger partial charge in [-0.3, -0.25) is 5.10 Å².